The molecule has 4 nitrogen and oxygen atoms in total. The molecular formula is C18H24N2O2. The summed E-state index contributed by atoms with van der Waals surface area (Å²) >= 11 is 0. The van der Waals surface area contributed by atoms with Crippen LogP contribution in [0.15, 0.2) is 48.8 Å². The number of hydrogen-bond acceptors (Lipinski definition) is 4. The van der Waals surface area contributed by atoms with Crippen molar-refractivity contribution in [2.24, 2.45) is 5.92 Å². The van der Waals surface area contributed by atoms with Crippen LogP contribution in [-0.2, 0) is 0 Å². The fourth-order valence-corrected chi connectivity index (χ4v) is 2.48. The Morgan fingerprint density at radius 3 is 2.41 bits per heavy atom. The van der Waals surface area contributed by atoms with Crippen LogP contribution >= 0.6 is 0 Å². The third kappa shape index (κ3) is 4.29. The highest BCUT2D eigenvalue weighted by molar-refractivity contribution is 5.29. The molecule has 1 aromatic carbocycles. The van der Waals surface area contributed by atoms with Crippen LogP contribution in [-0.4, -0.2) is 23.7 Å². The maximum atomic E-state index is 10.3. The van der Waals surface area contributed by atoms with Crippen LogP contribution < -0.4 is 10.1 Å². The first kappa shape index (κ1) is 16.5. The minimum atomic E-state index is -0.562. The zero-order valence-corrected chi connectivity index (χ0v) is 13.4. The molecule has 2 N–H and O–H groups in total. The Morgan fingerprint density at radius 1 is 1.14 bits per heavy atom. The Bertz CT molecular complexity index is 555. The first-order valence-corrected chi connectivity index (χ1v) is 7.57. The molecule has 0 amide bonds. The van der Waals surface area contributed by atoms with Crippen LogP contribution in [0.25, 0.3) is 0 Å². The number of pyridine rings is 1. The van der Waals surface area contributed by atoms with Crippen LogP contribution in [0.4, 0.5) is 0 Å². The standard InChI is InChI=1S/C18H24N2O2/c1-13(2)18(14-6-8-16(22-3)9-7-14)20-12-17(21)15-5-4-10-19-11-15/h4-11,13,17-18,20-21H,12H2,1-3H3/t17-,18+/m1/s1. The fraction of sp³-hybridized carbons (Fsp3) is 0.389. The molecule has 0 aliphatic carbocycles. The largest absolute Gasteiger partial charge is 0.497 e. The maximum Gasteiger partial charge on any atom is 0.118 e. The number of aliphatic hydroxyl groups excluding tert-OH is 1. The van der Waals surface area contributed by atoms with Crippen molar-refractivity contribution in [3.8, 4) is 5.75 Å². The van der Waals surface area contributed by atoms with Gasteiger partial charge >= 0.3 is 0 Å². The van der Waals surface area contributed by atoms with E-state index < -0.39 is 6.10 Å². The number of nitrogens with one attached hydrogen (secondary N) is 1. The van der Waals surface area contributed by atoms with E-state index in [1.54, 1.807) is 19.5 Å². The monoisotopic (exact) mass is 300 g/mol. The minimum Gasteiger partial charge on any atom is -0.497 e. The topological polar surface area (TPSA) is 54.4 Å². The van der Waals surface area contributed by atoms with Crippen LogP contribution in [0.1, 0.15) is 37.1 Å². The van der Waals surface area contributed by atoms with Gasteiger partial charge in [-0.25, -0.2) is 0 Å². The molecule has 1 aromatic heterocycles. The lowest BCUT2D eigenvalue weighted by Gasteiger charge is -2.25. The molecular weight excluding hydrogens is 276 g/mol. The van der Waals surface area contributed by atoms with Crippen LogP contribution in [0.2, 0.25) is 0 Å². The first-order chi connectivity index (χ1) is 10.6. The summed E-state index contributed by atoms with van der Waals surface area (Å²) in [7, 11) is 1.66. The average Bonchev–Trinajstić information content (AvgIpc) is 2.56. The molecule has 0 saturated carbocycles. The van der Waals surface area contributed by atoms with Gasteiger partial charge in [-0.1, -0.05) is 32.0 Å². The van der Waals surface area contributed by atoms with Crippen LogP contribution in [0.5, 0.6) is 5.75 Å². The summed E-state index contributed by atoms with van der Waals surface area (Å²) in [5.41, 5.74) is 2.02. The fourth-order valence-electron chi connectivity index (χ4n) is 2.48. The van der Waals surface area contributed by atoms with Gasteiger partial charge in [0.15, 0.2) is 0 Å². The molecule has 4 heteroatoms. The van der Waals surface area contributed by atoms with E-state index in [9.17, 15) is 5.11 Å². The zero-order valence-electron chi connectivity index (χ0n) is 13.4. The molecule has 0 aliphatic rings. The molecule has 2 aromatic rings. The van der Waals surface area contributed by atoms with E-state index in [0.717, 1.165) is 11.3 Å². The van der Waals surface area contributed by atoms with Crippen molar-refractivity contribution in [3.63, 3.8) is 0 Å². The summed E-state index contributed by atoms with van der Waals surface area (Å²) in [5, 5.41) is 13.7. The van der Waals surface area contributed by atoms with Gasteiger partial charge < -0.3 is 15.2 Å². The molecule has 0 unspecified atom stereocenters. The zero-order chi connectivity index (χ0) is 15.9. The second-order valence-corrected chi connectivity index (χ2v) is 5.71. The quantitative estimate of drug-likeness (QED) is 0.825. The summed E-state index contributed by atoms with van der Waals surface area (Å²) in [5.74, 6) is 1.26. The molecule has 0 fully saturated rings. The number of hydrogen-bond donors (Lipinski definition) is 2. The first-order valence-electron chi connectivity index (χ1n) is 7.57. The molecule has 118 valence electrons. The van der Waals surface area contributed by atoms with E-state index >= 15 is 0 Å². The molecule has 0 saturated heterocycles. The Kier molecular flexibility index (Phi) is 5.92. The van der Waals surface area contributed by atoms with Gasteiger partial charge in [0.25, 0.3) is 0 Å². The lowest BCUT2D eigenvalue weighted by atomic mass is 9.95. The van der Waals surface area contributed by atoms with Crippen molar-refractivity contribution in [1.82, 2.24) is 10.3 Å². The van der Waals surface area contributed by atoms with E-state index in [4.69, 9.17) is 4.74 Å². The molecule has 0 aliphatic heterocycles. The summed E-state index contributed by atoms with van der Waals surface area (Å²) in [4.78, 5) is 4.04. The third-order valence-corrected chi connectivity index (χ3v) is 3.74. The Morgan fingerprint density at radius 2 is 1.86 bits per heavy atom. The number of aliphatic hydroxyl groups is 1. The molecule has 2 rings (SSSR count). The minimum absolute atomic E-state index is 0.178. The lowest BCUT2D eigenvalue weighted by molar-refractivity contribution is 0.165. The van der Waals surface area contributed by atoms with Gasteiger partial charge in [0.2, 0.25) is 0 Å². The van der Waals surface area contributed by atoms with Gasteiger partial charge in [0.1, 0.15) is 5.75 Å². The summed E-state index contributed by atoms with van der Waals surface area (Å²) in [6.07, 6.45) is 2.84. The Hall–Kier alpha value is -1.91. The van der Waals surface area contributed by atoms with Crippen molar-refractivity contribution < 1.29 is 9.84 Å². The molecule has 22 heavy (non-hydrogen) atoms. The van der Waals surface area contributed by atoms with E-state index in [-0.39, 0.29) is 6.04 Å². The highest BCUT2D eigenvalue weighted by Gasteiger charge is 2.17. The predicted octanol–water partition coefficient (Wildman–Crippen LogP) is 3.11. The average molecular weight is 300 g/mol. The van der Waals surface area contributed by atoms with E-state index in [2.05, 4.69) is 36.3 Å². The van der Waals surface area contributed by atoms with E-state index in [0.29, 0.717) is 12.5 Å². The molecule has 0 spiro atoms. The number of aromatic nitrogens is 1. The van der Waals surface area contributed by atoms with Gasteiger partial charge in [-0.05, 0) is 29.7 Å². The molecule has 0 bridgehead atoms. The summed E-state index contributed by atoms with van der Waals surface area (Å²) < 4.78 is 5.20. The molecule has 2 atom stereocenters. The lowest BCUT2D eigenvalue weighted by Crippen LogP contribution is -2.29. The van der Waals surface area contributed by atoms with Gasteiger partial charge in [-0.15, -0.1) is 0 Å². The second kappa shape index (κ2) is 7.92. The van der Waals surface area contributed by atoms with Crippen molar-refractivity contribution in [2.75, 3.05) is 13.7 Å². The smallest absolute Gasteiger partial charge is 0.118 e. The highest BCUT2D eigenvalue weighted by Crippen LogP contribution is 2.24. The third-order valence-electron chi connectivity index (χ3n) is 3.74. The van der Waals surface area contributed by atoms with Crippen molar-refractivity contribution in [1.29, 1.82) is 0 Å². The van der Waals surface area contributed by atoms with Gasteiger partial charge in [0.05, 0.1) is 13.2 Å². The van der Waals surface area contributed by atoms with E-state index in [1.807, 2.05) is 24.3 Å². The second-order valence-electron chi connectivity index (χ2n) is 5.71. The Labute approximate surface area is 132 Å². The predicted molar refractivity (Wildman–Crippen MR) is 87.8 cm³/mol. The Balaban J connectivity index is 2.02. The van der Waals surface area contributed by atoms with Crippen molar-refractivity contribution >= 4 is 0 Å². The number of ether oxygens (including phenoxy) is 1. The normalized spacial score (nSPS) is 13.9. The van der Waals surface area contributed by atoms with Gasteiger partial charge in [-0.2, -0.15) is 0 Å². The molecule has 1 heterocycles. The maximum absolute atomic E-state index is 10.3. The summed E-state index contributed by atoms with van der Waals surface area (Å²) in [6.45, 7) is 4.82. The summed E-state index contributed by atoms with van der Waals surface area (Å²) in [6, 6.07) is 11.9. The highest BCUT2D eigenvalue weighted by atomic mass is 16.5. The number of nitrogens with zero attached hydrogens (tertiary/aromatic N) is 1. The van der Waals surface area contributed by atoms with Crippen LogP contribution in [0.3, 0.4) is 0 Å². The van der Waals surface area contributed by atoms with Gasteiger partial charge in [0, 0.05) is 30.5 Å². The van der Waals surface area contributed by atoms with E-state index in [1.165, 1.54) is 5.56 Å². The SMILES string of the molecule is COc1ccc([C@@H](NC[C@@H](O)c2cccnc2)C(C)C)cc1. The number of rotatable bonds is 7. The van der Waals surface area contributed by atoms with Crippen LogP contribution in [0, 0.1) is 5.92 Å². The molecule has 0 radical (unpaired) electrons. The van der Waals surface area contributed by atoms with Crippen molar-refractivity contribution in [2.45, 2.75) is 26.0 Å². The van der Waals surface area contributed by atoms with Gasteiger partial charge in [-0.3, -0.25) is 4.98 Å². The number of methoxy groups -OCH3 is 1. The number of benzene rings is 1. The van der Waals surface area contributed by atoms with Crippen molar-refractivity contribution in [3.05, 3.63) is 59.9 Å².